The molecule has 2 aromatic rings. The zero-order valence-electron chi connectivity index (χ0n) is 8.48. The predicted molar refractivity (Wildman–Crippen MR) is 56.5 cm³/mol. The van der Waals surface area contributed by atoms with Crippen molar-refractivity contribution in [3.63, 3.8) is 0 Å². The summed E-state index contributed by atoms with van der Waals surface area (Å²) in [6.45, 7) is 0. The number of anilines is 1. The maximum atomic E-state index is 13.0. The van der Waals surface area contributed by atoms with Gasteiger partial charge in [-0.3, -0.25) is 0 Å². The number of rotatable bonds is 1. The molecule has 0 atom stereocenters. The molecule has 17 heavy (non-hydrogen) atoms. The Hall–Kier alpha value is -2.55. The number of nitriles is 1. The number of nitrogens with two attached hydrogens (primary N) is 1. The summed E-state index contributed by atoms with van der Waals surface area (Å²) in [5.41, 5.74) is 5.79. The molecule has 0 aliphatic rings. The Morgan fingerprint density at radius 1 is 1.12 bits per heavy atom. The van der Waals surface area contributed by atoms with Crippen molar-refractivity contribution in [3.8, 4) is 17.5 Å². The topological polar surface area (TPSA) is 75.6 Å². The Morgan fingerprint density at radius 3 is 2.53 bits per heavy atom. The monoisotopic (exact) mass is 232 g/mol. The average molecular weight is 232 g/mol. The van der Waals surface area contributed by atoms with E-state index < -0.39 is 11.6 Å². The van der Waals surface area contributed by atoms with Crippen molar-refractivity contribution in [3.05, 3.63) is 41.6 Å². The van der Waals surface area contributed by atoms with Crippen molar-refractivity contribution in [2.24, 2.45) is 0 Å². The molecule has 0 unspecified atom stereocenters. The number of nitrogens with zero attached hydrogens (tertiary/aromatic N) is 3. The minimum absolute atomic E-state index is 0.0669. The molecule has 0 aliphatic carbocycles. The molecule has 0 radical (unpaired) electrons. The largest absolute Gasteiger partial charge is 0.384 e. The lowest BCUT2D eigenvalue weighted by Gasteiger charge is -2.02. The summed E-state index contributed by atoms with van der Waals surface area (Å²) in [7, 11) is 0. The lowest BCUT2D eigenvalue weighted by molar-refractivity contribution is 0.509. The van der Waals surface area contributed by atoms with E-state index in [2.05, 4.69) is 9.97 Å². The first-order chi connectivity index (χ1) is 8.10. The molecular formula is C11H6F2N4. The first kappa shape index (κ1) is 11.0. The number of halogens is 2. The van der Waals surface area contributed by atoms with E-state index >= 15 is 0 Å². The van der Waals surface area contributed by atoms with Gasteiger partial charge in [-0.1, -0.05) is 0 Å². The molecule has 0 amide bonds. The Kier molecular flexibility index (Phi) is 2.66. The summed E-state index contributed by atoms with van der Waals surface area (Å²) in [4.78, 5) is 7.70. The first-order valence-electron chi connectivity index (χ1n) is 4.60. The van der Waals surface area contributed by atoms with Gasteiger partial charge in [-0.2, -0.15) is 5.26 Å². The fourth-order valence-electron chi connectivity index (χ4n) is 1.29. The van der Waals surface area contributed by atoms with Crippen LogP contribution < -0.4 is 5.73 Å². The molecule has 84 valence electrons. The third-order valence-electron chi connectivity index (χ3n) is 2.04. The van der Waals surface area contributed by atoms with E-state index in [0.29, 0.717) is 0 Å². The molecule has 2 N–H and O–H groups in total. The van der Waals surface area contributed by atoms with E-state index in [-0.39, 0.29) is 22.9 Å². The number of hydrogen-bond acceptors (Lipinski definition) is 4. The third kappa shape index (κ3) is 2.18. The molecule has 2 rings (SSSR count). The van der Waals surface area contributed by atoms with Crippen LogP contribution in [0.15, 0.2) is 24.3 Å². The van der Waals surface area contributed by atoms with Gasteiger partial charge in [0.2, 0.25) is 0 Å². The van der Waals surface area contributed by atoms with Crippen LogP contribution in [0.1, 0.15) is 5.69 Å². The SMILES string of the molecule is N#Cc1cc(N)nc(-c2ccc(F)c(F)c2)n1. The second-order valence-electron chi connectivity index (χ2n) is 3.24. The van der Waals surface area contributed by atoms with Crippen molar-refractivity contribution < 1.29 is 8.78 Å². The van der Waals surface area contributed by atoms with Crippen molar-refractivity contribution in [2.75, 3.05) is 5.73 Å². The van der Waals surface area contributed by atoms with Crippen LogP contribution in [-0.4, -0.2) is 9.97 Å². The molecule has 6 heteroatoms. The fraction of sp³-hybridized carbons (Fsp3) is 0. The summed E-state index contributed by atoms with van der Waals surface area (Å²) in [5.74, 6) is -1.79. The van der Waals surface area contributed by atoms with E-state index in [4.69, 9.17) is 11.0 Å². The maximum absolute atomic E-state index is 13.0. The van der Waals surface area contributed by atoms with Gasteiger partial charge in [-0.05, 0) is 18.2 Å². The van der Waals surface area contributed by atoms with Gasteiger partial charge < -0.3 is 5.73 Å². The van der Waals surface area contributed by atoms with Crippen LogP contribution >= 0.6 is 0 Å². The summed E-state index contributed by atoms with van der Waals surface area (Å²) in [6, 6.07) is 6.33. The number of aromatic nitrogens is 2. The number of nitrogen functional groups attached to an aromatic ring is 1. The normalized spacial score (nSPS) is 9.94. The highest BCUT2D eigenvalue weighted by atomic mass is 19.2. The molecule has 4 nitrogen and oxygen atoms in total. The molecule has 0 saturated carbocycles. The lowest BCUT2D eigenvalue weighted by Crippen LogP contribution is -1.98. The van der Waals surface area contributed by atoms with Gasteiger partial charge in [0.05, 0.1) is 0 Å². The van der Waals surface area contributed by atoms with Crippen LogP contribution in [0.25, 0.3) is 11.4 Å². The van der Waals surface area contributed by atoms with Gasteiger partial charge in [0, 0.05) is 11.6 Å². The van der Waals surface area contributed by atoms with E-state index in [0.717, 1.165) is 12.1 Å². The van der Waals surface area contributed by atoms with Gasteiger partial charge in [0.15, 0.2) is 17.5 Å². The van der Waals surface area contributed by atoms with Gasteiger partial charge >= 0.3 is 0 Å². The highest BCUT2D eigenvalue weighted by molar-refractivity contribution is 5.57. The molecule has 0 bridgehead atoms. The van der Waals surface area contributed by atoms with Crippen molar-refractivity contribution >= 4 is 5.82 Å². The Bertz CT molecular complexity index is 619. The van der Waals surface area contributed by atoms with Crippen LogP contribution in [0, 0.1) is 23.0 Å². The summed E-state index contributed by atoms with van der Waals surface area (Å²) >= 11 is 0. The van der Waals surface area contributed by atoms with E-state index in [1.165, 1.54) is 12.1 Å². The zero-order valence-corrected chi connectivity index (χ0v) is 8.48. The second kappa shape index (κ2) is 4.14. The molecule has 1 aromatic heterocycles. The van der Waals surface area contributed by atoms with Gasteiger partial charge in [-0.25, -0.2) is 18.7 Å². The minimum atomic E-state index is -1.01. The highest BCUT2D eigenvalue weighted by Crippen LogP contribution is 2.19. The van der Waals surface area contributed by atoms with E-state index in [1.807, 2.05) is 0 Å². The van der Waals surface area contributed by atoms with Crippen molar-refractivity contribution in [1.29, 1.82) is 5.26 Å². The van der Waals surface area contributed by atoms with Crippen LogP contribution in [0.5, 0.6) is 0 Å². The van der Waals surface area contributed by atoms with Gasteiger partial charge in [0.1, 0.15) is 17.6 Å². The summed E-state index contributed by atoms with van der Waals surface area (Å²) < 4.78 is 25.8. The first-order valence-corrected chi connectivity index (χ1v) is 4.60. The Labute approximate surface area is 95.4 Å². The standard InChI is InChI=1S/C11H6F2N4/c12-8-2-1-6(3-9(8)13)11-16-7(5-14)4-10(15)17-11/h1-4H,(H2,15,16,17). The molecular weight excluding hydrogens is 226 g/mol. The molecule has 1 heterocycles. The molecule has 0 fully saturated rings. The maximum Gasteiger partial charge on any atom is 0.163 e. The van der Waals surface area contributed by atoms with Crippen LogP contribution in [0.4, 0.5) is 14.6 Å². The van der Waals surface area contributed by atoms with Gasteiger partial charge in [0.25, 0.3) is 0 Å². The molecule has 0 saturated heterocycles. The molecule has 0 spiro atoms. The van der Waals surface area contributed by atoms with E-state index in [1.54, 1.807) is 6.07 Å². The Morgan fingerprint density at radius 2 is 1.88 bits per heavy atom. The average Bonchev–Trinajstić information content (AvgIpc) is 2.32. The summed E-state index contributed by atoms with van der Waals surface area (Å²) in [5, 5.41) is 8.70. The fourth-order valence-corrected chi connectivity index (χ4v) is 1.29. The molecule has 1 aromatic carbocycles. The Balaban J connectivity index is 2.56. The van der Waals surface area contributed by atoms with Crippen LogP contribution in [0.3, 0.4) is 0 Å². The van der Waals surface area contributed by atoms with Crippen molar-refractivity contribution in [2.45, 2.75) is 0 Å². The predicted octanol–water partition coefficient (Wildman–Crippen LogP) is 1.88. The second-order valence-corrected chi connectivity index (χ2v) is 3.24. The highest BCUT2D eigenvalue weighted by Gasteiger charge is 2.08. The third-order valence-corrected chi connectivity index (χ3v) is 2.04. The van der Waals surface area contributed by atoms with Crippen LogP contribution in [-0.2, 0) is 0 Å². The number of hydrogen-bond donors (Lipinski definition) is 1. The van der Waals surface area contributed by atoms with Crippen molar-refractivity contribution in [1.82, 2.24) is 9.97 Å². The van der Waals surface area contributed by atoms with Crippen LogP contribution in [0.2, 0.25) is 0 Å². The number of benzene rings is 1. The zero-order chi connectivity index (χ0) is 12.4. The minimum Gasteiger partial charge on any atom is -0.384 e. The molecule has 0 aliphatic heterocycles. The smallest absolute Gasteiger partial charge is 0.163 e. The lowest BCUT2D eigenvalue weighted by atomic mass is 10.2. The quantitative estimate of drug-likeness (QED) is 0.814. The van der Waals surface area contributed by atoms with Gasteiger partial charge in [-0.15, -0.1) is 0 Å². The van der Waals surface area contributed by atoms with E-state index in [9.17, 15) is 8.78 Å². The summed E-state index contributed by atoms with van der Waals surface area (Å²) in [6.07, 6.45) is 0.